The average molecular weight is 406 g/mol. The summed E-state index contributed by atoms with van der Waals surface area (Å²) in [5, 5.41) is 1.80. The molecule has 0 bridgehead atoms. The number of pyridine rings is 1. The number of nitrogens with zero attached hydrogens (tertiary/aromatic N) is 3. The fourth-order valence-corrected chi connectivity index (χ4v) is 2.97. The van der Waals surface area contributed by atoms with E-state index in [2.05, 4.69) is 4.98 Å². The van der Waals surface area contributed by atoms with Gasteiger partial charge in [-0.3, -0.25) is 19.5 Å². The van der Waals surface area contributed by atoms with Crippen LogP contribution in [-0.2, 0) is 9.59 Å². The number of amides is 4. The van der Waals surface area contributed by atoms with E-state index in [1.165, 1.54) is 24.2 Å². The summed E-state index contributed by atoms with van der Waals surface area (Å²) in [5.41, 5.74) is 0.242. The largest absolute Gasteiger partial charge is 0.412 e. The molecule has 152 valence electrons. The number of anilines is 1. The van der Waals surface area contributed by atoms with Crippen LogP contribution in [0.2, 0.25) is 0 Å². The van der Waals surface area contributed by atoms with Crippen molar-refractivity contribution < 1.29 is 27.6 Å². The van der Waals surface area contributed by atoms with E-state index in [-0.39, 0.29) is 12.0 Å². The predicted molar refractivity (Wildman–Crippen MR) is 96.7 cm³/mol. The molecule has 1 fully saturated rings. The molecule has 2 heterocycles. The summed E-state index contributed by atoms with van der Waals surface area (Å²) in [6, 6.07) is 6.13. The van der Waals surface area contributed by atoms with Crippen molar-refractivity contribution in [2.75, 3.05) is 11.9 Å². The Kier molecular flexibility index (Phi) is 5.53. The van der Waals surface area contributed by atoms with Crippen LogP contribution < -0.4 is 10.2 Å². The number of nitrogens with one attached hydrogen (secondary N) is 1. The van der Waals surface area contributed by atoms with Crippen LogP contribution in [-0.4, -0.2) is 47.0 Å². The van der Waals surface area contributed by atoms with Gasteiger partial charge in [-0.05, 0) is 18.2 Å². The fourth-order valence-electron chi connectivity index (χ4n) is 2.97. The molecule has 1 saturated heterocycles. The minimum absolute atomic E-state index is 0.257. The van der Waals surface area contributed by atoms with Crippen molar-refractivity contribution in [1.82, 2.24) is 15.2 Å². The highest BCUT2D eigenvalue weighted by Crippen LogP contribution is 2.33. The maximum atomic E-state index is 13.4. The number of likely N-dealkylation sites (tertiary alicyclic amines) is 1. The van der Waals surface area contributed by atoms with Crippen molar-refractivity contribution in [2.24, 2.45) is 0 Å². The van der Waals surface area contributed by atoms with Crippen molar-refractivity contribution >= 4 is 23.5 Å². The lowest BCUT2D eigenvalue weighted by Gasteiger charge is -2.40. The number of carbonyl (C=O) groups is 3. The van der Waals surface area contributed by atoms with Gasteiger partial charge in [0.2, 0.25) is 5.91 Å². The zero-order chi connectivity index (χ0) is 21.2. The molecule has 10 heteroatoms. The number of urea groups is 1. The van der Waals surface area contributed by atoms with Crippen LogP contribution in [0.15, 0.2) is 54.9 Å². The summed E-state index contributed by atoms with van der Waals surface area (Å²) in [4.78, 5) is 42.4. The molecule has 3 rings (SSSR count). The Morgan fingerprint density at radius 3 is 2.45 bits per heavy atom. The third-order valence-electron chi connectivity index (χ3n) is 4.54. The van der Waals surface area contributed by atoms with Gasteiger partial charge >= 0.3 is 12.2 Å². The standard InChI is InChI=1S/C19H17F3N4O3/c1-25(13-7-3-2-4-8-13)17(28)14-10-15(27)26(14)18(29)24-16(19(20,21)22)12-6-5-9-23-11-12/h2-9,11,14,16H,10H2,1H3,(H,24,29). The SMILES string of the molecule is CN(C(=O)C1CC(=O)N1C(=O)NC(c1cccnc1)C(F)(F)F)c1ccccc1. The molecule has 7 nitrogen and oxygen atoms in total. The number of alkyl halides is 3. The van der Waals surface area contributed by atoms with Gasteiger partial charge < -0.3 is 10.2 Å². The third-order valence-corrected chi connectivity index (χ3v) is 4.54. The molecule has 4 amide bonds. The summed E-state index contributed by atoms with van der Waals surface area (Å²) in [6.45, 7) is 0. The zero-order valence-corrected chi connectivity index (χ0v) is 15.3. The van der Waals surface area contributed by atoms with Crippen LogP contribution in [0.1, 0.15) is 18.0 Å². The molecule has 1 aromatic heterocycles. The molecule has 2 unspecified atom stereocenters. The van der Waals surface area contributed by atoms with Gasteiger partial charge in [0.15, 0.2) is 6.04 Å². The van der Waals surface area contributed by atoms with E-state index in [0.29, 0.717) is 10.6 Å². The van der Waals surface area contributed by atoms with E-state index in [1.54, 1.807) is 35.6 Å². The number of imide groups is 1. The summed E-state index contributed by atoms with van der Waals surface area (Å²) < 4.78 is 40.3. The molecule has 1 aliphatic rings. The van der Waals surface area contributed by atoms with Gasteiger partial charge in [-0.2, -0.15) is 13.2 Å². The molecular formula is C19H17F3N4O3. The van der Waals surface area contributed by atoms with Crippen LogP contribution in [0.4, 0.5) is 23.7 Å². The van der Waals surface area contributed by atoms with Crippen molar-refractivity contribution in [3.8, 4) is 0 Å². The van der Waals surface area contributed by atoms with Gasteiger partial charge in [0.1, 0.15) is 6.04 Å². The Hall–Kier alpha value is -3.43. The number of halogens is 3. The van der Waals surface area contributed by atoms with E-state index in [1.807, 2.05) is 0 Å². The first kappa shape index (κ1) is 20.3. The van der Waals surface area contributed by atoms with Gasteiger partial charge in [-0.15, -0.1) is 0 Å². The molecule has 0 aliphatic carbocycles. The lowest BCUT2D eigenvalue weighted by atomic mass is 10.0. The first-order chi connectivity index (χ1) is 13.7. The van der Waals surface area contributed by atoms with Crippen LogP contribution in [0.25, 0.3) is 0 Å². The number of hydrogen-bond donors (Lipinski definition) is 1. The number of rotatable bonds is 4. The fraction of sp³-hybridized carbons (Fsp3) is 0.263. The molecule has 1 aliphatic heterocycles. The number of benzene rings is 1. The van der Waals surface area contributed by atoms with Crippen LogP contribution in [0.3, 0.4) is 0 Å². The quantitative estimate of drug-likeness (QED) is 0.792. The van der Waals surface area contributed by atoms with Crippen LogP contribution in [0.5, 0.6) is 0 Å². The van der Waals surface area contributed by atoms with E-state index >= 15 is 0 Å². The Balaban J connectivity index is 1.76. The first-order valence-electron chi connectivity index (χ1n) is 8.62. The molecule has 2 aromatic rings. The van der Waals surface area contributed by atoms with Crippen LogP contribution >= 0.6 is 0 Å². The second-order valence-electron chi connectivity index (χ2n) is 6.43. The van der Waals surface area contributed by atoms with E-state index in [9.17, 15) is 27.6 Å². The van der Waals surface area contributed by atoms with Crippen molar-refractivity contribution in [3.63, 3.8) is 0 Å². The van der Waals surface area contributed by atoms with Gasteiger partial charge in [-0.25, -0.2) is 4.79 Å². The van der Waals surface area contributed by atoms with Crippen molar-refractivity contribution in [2.45, 2.75) is 24.7 Å². The lowest BCUT2D eigenvalue weighted by molar-refractivity contribution is -0.158. The van der Waals surface area contributed by atoms with Gasteiger partial charge in [0, 0.05) is 30.7 Å². The number of hydrogen-bond acceptors (Lipinski definition) is 4. The van der Waals surface area contributed by atoms with E-state index in [0.717, 1.165) is 12.3 Å². The summed E-state index contributed by atoms with van der Waals surface area (Å²) >= 11 is 0. The van der Waals surface area contributed by atoms with Gasteiger partial charge in [0.25, 0.3) is 5.91 Å². The highest BCUT2D eigenvalue weighted by molar-refractivity contribution is 6.11. The smallest absolute Gasteiger partial charge is 0.322 e. The predicted octanol–water partition coefficient (Wildman–Crippen LogP) is 2.66. The highest BCUT2D eigenvalue weighted by Gasteiger charge is 2.49. The average Bonchev–Trinajstić information content (AvgIpc) is 2.69. The number of aromatic nitrogens is 1. The molecule has 1 N–H and O–H groups in total. The third kappa shape index (κ3) is 4.20. The van der Waals surface area contributed by atoms with Gasteiger partial charge in [0.05, 0.1) is 6.42 Å². The molecule has 0 radical (unpaired) electrons. The van der Waals surface area contributed by atoms with Crippen molar-refractivity contribution in [3.05, 3.63) is 60.4 Å². The Labute approximate surface area is 164 Å². The summed E-state index contributed by atoms with van der Waals surface area (Å²) in [6.07, 6.45) is -2.80. The monoisotopic (exact) mass is 406 g/mol. The maximum Gasteiger partial charge on any atom is 0.412 e. The normalized spacial score (nSPS) is 17.3. The minimum atomic E-state index is -4.81. The Bertz CT molecular complexity index is 906. The van der Waals surface area contributed by atoms with Crippen molar-refractivity contribution in [1.29, 1.82) is 0 Å². The zero-order valence-electron chi connectivity index (χ0n) is 15.3. The highest BCUT2D eigenvalue weighted by atomic mass is 19.4. The number of β-lactam (4-membered cyclic amide) rings is 1. The topological polar surface area (TPSA) is 82.6 Å². The molecule has 1 aromatic carbocycles. The molecule has 2 atom stereocenters. The minimum Gasteiger partial charge on any atom is -0.322 e. The van der Waals surface area contributed by atoms with E-state index in [4.69, 9.17) is 0 Å². The number of carbonyl (C=O) groups excluding carboxylic acids is 3. The second kappa shape index (κ2) is 7.90. The second-order valence-corrected chi connectivity index (χ2v) is 6.43. The Morgan fingerprint density at radius 2 is 1.90 bits per heavy atom. The summed E-state index contributed by atoms with van der Waals surface area (Å²) in [7, 11) is 1.46. The van der Waals surface area contributed by atoms with Gasteiger partial charge in [-0.1, -0.05) is 24.3 Å². The van der Waals surface area contributed by atoms with E-state index < -0.39 is 36.1 Å². The lowest BCUT2D eigenvalue weighted by Crippen LogP contribution is -2.64. The first-order valence-corrected chi connectivity index (χ1v) is 8.62. The number of likely N-dealkylation sites (N-methyl/N-ethyl adjacent to an activating group) is 1. The molecule has 0 spiro atoms. The maximum absolute atomic E-state index is 13.4. The molecular weight excluding hydrogens is 389 g/mol. The summed E-state index contributed by atoms with van der Waals surface area (Å²) in [5.74, 6) is -1.30. The molecule has 0 saturated carbocycles. The Morgan fingerprint density at radius 1 is 1.21 bits per heavy atom. The number of para-hydroxylation sites is 1. The molecule has 29 heavy (non-hydrogen) atoms. The van der Waals surface area contributed by atoms with Crippen LogP contribution in [0, 0.1) is 0 Å².